The number of carbonyl (C=O) groups is 1. The van der Waals surface area contributed by atoms with Crippen LogP contribution in [0, 0.1) is 0 Å². The fourth-order valence-corrected chi connectivity index (χ4v) is 1.14. The highest BCUT2D eigenvalue weighted by atomic mass is 16.7. The minimum Gasteiger partial charge on any atom is -0.442 e. The Bertz CT molecular complexity index is 242. The van der Waals surface area contributed by atoms with Crippen molar-refractivity contribution >= 4 is 6.09 Å². The van der Waals surface area contributed by atoms with Crippen molar-refractivity contribution in [3.05, 3.63) is 0 Å². The zero-order chi connectivity index (χ0) is 14.2. The quantitative estimate of drug-likeness (QED) is 0.377. The van der Waals surface area contributed by atoms with Crippen LogP contribution >= 0.6 is 0 Å². The molecule has 0 rings (SSSR count). The van der Waals surface area contributed by atoms with Crippen LogP contribution in [0.1, 0.15) is 33.6 Å². The second-order valence-corrected chi connectivity index (χ2v) is 4.95. The van der Waals surface area contributed by atoms with E-state index in [0.717, 1.165) is 0 Å². The predicted molar refractivity (Wildman–Crippen MR) is 65.6 cm³/mol. The molecule has 18 heavy (non-hydrogen) atoms. The number of aliphatic hydroxyl groups is 2. The molecule has 0 aliphatic rings. The van der Waals surface area contributed by atoms with E-state index >= 15 is 0 Å². The number of hydroxylamine groups is 1. The summed E-state index contributed by atoms with van der Waals surface area (Å²) >= 11 is 0. The van der Waals surface area contributed by atoms with Crippen molar-refractivity contribution in [3.8, 4) is 0 Å². The molecule has 0 saturated carbocycles. The Morgan fingerprint density at radius 3 is 2.33 bits per heavy atom. The predicted octanol–water partition coefficient (Wildman–Crippen LogP) is -0.0966. The van der Waals surface area contributed by atoms with Gasteiger partial charge in [0.2, 0.25) is 0 Å². The second kappa shape index (κ2) is 8.25. The highest BCUT2D eigenvalue weighted by Crippen LogP contribution is 2.06. The van der Waals surface area contributed by atoms with Gasteiger partial charge in [0.1, 0.15) is 5.60 Å². The summed E-state index contributed by atoms with van der Waals surface area (Å²) in [6.07, 6.45) is -1.98. The molecule has 0 saturated heterocycles. The van der Waals surface area contributed by atoms with Gasteiger partial charge in [-0.1, -0.05) is 0 Å². The molecule has 0 aliphatic carbocycles. The number of nitrogens with one attached hydrogen (secondary N) is 1. The fourth-order valence-electron chi connectivity index (χ4n) is 1.14. The lowest BCUT2D eigenvalue weighted by Gasteiger charge is -2.20. The lowest BCUT2D eigenvalue weighted by atomic mass is 10.1. The summed E-state index contributed by atoms with van der Waals surface area (Å²) in [6, 6.07) is 0. The minimum absolute atomic E-state index is 0.0715. The first-order valence-corrected chi connectivity index (χ1v) is 5.93. The molecule has 7 heteroatoms. The number of amides is 1. The van der Waals surface area contributed by atoms with Crippen LogP contribution in [0.25, 0.3) is 0 Å². The van der Waals surface area contributed by atoms with Gasteiger partial charge < -0.3 is 20.7 Å². The number of nitrogens with two attached hydrogens (primary N) is 1. The van der Waals surface area contributed by atoms with Crippen molar-refractivity contribution < 1.29 is 24.6 Å². The first-order valence-electron chi connectivity index (χ1n) is 5.93. The third-order valence-electron chi connectivity index (χ3n) is 1.98. The molecule has 7 nitrogen and oxygen atoms in total. The first kappa shape index (κ1) is 17.1. The van der Waals surface area contributed by atoms with E-state index in [2.05, 4.69) is 5.48 Å². The van der Waals surface area contributed by atoms with Crippen LogP contribution in [0.4, 0.5) is 4.79 Å². The average Bonchev–Trinajstić information content (AvgIpc) is 2.21. The van der Waals surface area contributed by atoms with Gasteiger partial charge in [-0.15, -0.1) is 0 Å². The van der Waals surface area contributed by atoms with E-state index in [1.165, 1.54) is 0 Å². The SMILES string of the molecule is CC(C)(C)OC(=O)NOCCC(O)C(O)CCN. The summed E-state index contributed by atoms with van der Waals surface area (Å²) in [6.45, 7) is 5.58. The highest BCUT2D eigenvalue weighted by Gasteiger charge is 2.17. The third kappa shape index (κ3) is 9.17. The number of carbonyl (C=O) groups excluding carboxylic acids is 1. The molecule has 0 spiro atoms. The number of hydrogen-bond donors (Lipinski definition) is 4. The molecule has 0 fully saturated rings. The number of aliphatic hydroxyl groups excluding tert-OH is 2. The Morgan fingerprint density at radius 2 is 1.83 bits per heavy atom. The third-order valence-corrected chi connectivity index (χ3v) is 1.98. The zero-order valence-electron chi connectivity index (χ0n) is 11.2. The average molecular weight is 264 g/mol. The molecule has 108 valence electrons. The number of ether oxygens (including phenoxy) is 1. The summed E-state index contributed by atoms with van der Waals surface area (Å²) < 4.78 is 4.93. The lowest BCUT2D eigenvalue weighted by molar-refractivity contribution is -0.0355. The van der Waals surface area contributed by atoms with E-state index in [-0.39, 0.29) is 13.0 Å². The smallest absolute Gasteiger partial charge is 0.431 e. The van der Waals surface area contributed by atoms with E-state index < -0.39 is 23.9 Å². The molecule has 0 aromatic heterocycles. The molecule has 0 radical (unpaired) electrons. The van der Waals surface area contributed by atoms with Crippen molar-refractivity contribution in [2.24, 2.45) is 5.73 Å². The van der Waals surface area contributed by atoms with Crippen LogP contribution in [0.5, 0.6) is 0 Å². The van der Waals surface area contributed by atoms with Gasteiger partial charge in [0.15, 0.2) is 0 Å². The van der Waals surface area contributed by atoms with Crippen molar-refractivity contribution in [2.75, 3.05) is 13.2 Å². The van der Waals surface area contributed by atoms with Crippen molar-refractivity contribution in [3.63, 3.8) is 0 Å². The van der Waals surface area contributed by atoms with Gasteiger partial charge in [-0.2, -0.15) is 5.48 Å². The molecular weight excluding hydrogens is 240 g/mol. The monoisotopic (exact) mass is 264 g/mol. The minimum atomic E-state index is -0.922. The summed E-state index contributed by atoms with van der Waals surface area (Å²) in [4.78, 5) is 16.0. The number of rotatable bonds is 7. The van der Waals surface area contributed by atoms with Crippen LogP contribution in [0.15, 0.2) is 0 Å². The summed E-state index contributed by atoms with van der Waals surface area (Å²) in [5, 5.41) is 18.9. The van der Waals surface area contributed by atoms with Gasteiger partial charge in [-0.3, -0.25) is 4.84 Å². The molecule has 5 N–H and O–H groups in total. The maximum Gasteiger partial charge on any atom is 0.431 e. The van der Waals surface area contributed by atoms with Crippen LogP contribution in [-0.2, 0) is 9.57 Å². The van der Waals surface area contributed by atoms with E-state index in [0.29, 0.717) is 13.0 Å². The van der Waals surface area contributed by atoms with Crippen LogP contribution in [-0.4, -0.2) is 47.3 Å². The van der Waals surface area contributed by atoms with Gasteiger partial charge in [0.05, 0.1) is 18.8 Å². The Balaban J connectivity index is 3.64. The maximum atomic E-state index is 11.2. The first-order chi connectivity index (χ1) is 8.26. The van der Waals surface area contributed by atoms with Crippen LogP contribution in [0.2, 0.25) is 0 Å². The summed E-state index contributed by atoms with van der Waals surface area (Å²) in [5.41, 5.74) is 6.74. The van der Waals surface area contributed by atoms with Gasteiger partial charge in [-0.25, -0.2) is 4.79 Å². The van der Waals surface area contributed by atoms with Gasteiger partial charge in [0.25, 0.3) is 0 Å². The normalized spacial score (nSPS) is 15.0. The highest BCUT2D eigenvalue weighted by molar-refractivity contribution is 5.66. The second-order valence-electron chi connectivity index (χ2n) is 4.95. The van der Waals surface area contributed by atoms with Crippen molar-refractivity contribution in [2.45, 2.75) is 51.4 Å². The lowest BCUT2D eigenvalue weighted by Crippen LogP contribution is -2.34. The van der Waals surface area contributed by atoms with Crippen molar-refractivity contribution in [1.29, 1.82) is 0 Å². The molecular formula is C11H24N2O5. The van der Waals surface area contributed by atoms with E-state index in [1.807, 2.05) is 0 Å². The van der Waals surface area contributed by atoms with Gasteiger partial charge in [-0.05, 0) is 33.7 Å². The molecule has 0 aromatic rings. The van der Waals surface area contributed by atoms with Crippen LogP contribution < -0.4 is 11.2 Å². The van der Waals surface area contributed by atoms with Crippen molar-refractivity contribution in [1.82, 2.24) is 5.48 Å². The van der Waals surface area contributed by atoms with Gasteiger partial charge in [0, 0.05) is 6.42 Å². The maximum absolute atomic E-state index is 11.2. The molecule has 0 bridgehead atoms. The standard InChI is InChI=1S/C11H24N2O5/c1-11(2,3)18-10(16)13-17-7-5-9(15)8(14)4-6-12/h8-9,14-15H,4-7,12H2,1-3H3,(H,13,16). The Morgan fingerprint density at radius 1 is 1.28 bits per heavy atom. The van der Waals surface area contributed by atoms with E-state index in [9.17, 15) is 15.0 Å². The molecule has 0 aliphatic heterocycles. The van der Waals surface area contributed by atoms with Crippen LogP contribution in [0.3, 0.4) is 0 Å². The Kier molecular flexibility index (Phi) is 7.85. The summed E-state index contributed by atoms with van der Waals surface area (Å²) in [5.74, 6) is 0. The molecule has 1 amide bonds. The Hall–Kier alpha value is -0.890. The summed E-state index contributed by atoms with van der Waals surface area (Å²) in [7, 11) is 0. The fraction of sp³-hybridized carbons (Fsp3) is 0.909. The largest absolute Gasteiger partial charge is 0.442 e. The van der Waals surface area contributed by atoms with E-state index in [1.54, 1.807) is 20.8 Å². The molecule has 2 atom stereocenters. The molecule has 0 heterocycles. The molecule has 0 aromatic carbocycles. The Labute approximate surface area is 107 Å². The topological polar surface area (TPSA) is 114 Å². The molecule has 2 unspecified atom stereocenters. The zero-order valence-corrected chi connectivity index (χ0v) is 11.2. The number of hydrogen-bond acceptors (Lipinski definition) is 6. The van der Waals surface area contributed by atoms with E-state index in [4.69, 9.17) is 15.3 Å². The van der Waals surface area contributed by atoms with Gasteiger partial charge >= 0.3 is 6.09 Å².